The number of rotatable bonds is 6. The number of carbonyl (C=O) groups is 4. The molecule has 0 aromatic heterocycles. The molecule has 8 nitrogen and oxygen atoms in total. The second-order valence-electron chi connectivity index (χ2n) is 10.4. The zero-order valence-corrected chi connectivity index (χ0v) is 19.3. The van der Waals surface area contributed by atoms with Crippen molar-refractivity contribution in [3.63, 3.8) is 0 Å². The number of ketones is 3. The van der Waals surface area contributed by atoms with Gasteiger partial charge in [0.05, 0.1) is 6.61 Å². The van der Waals surface area contributed by atoms with Crippen LogP contribution in [0.2, 0.25) is 0 Å². The van der Waals surface area contributed by atoms with Gasteiger partial charge in [-0.2, -0.15) is 0 Å². The predicted octanol–water partition coefficient (Wildman–Crippen LogP) is 2.28. The van der Waals surface area contributed by atoms with Gasteiger partial charge in [-0.1, -0.05) is 25.5 Å². The Morgan fingerprint density at radius 3 is 2.70 bits per heavy atom. The van der Waals surface area contributed by atoms with Crippen molar-refractivity contribution in [3.05, 3.63) is 23.8 Å². The van der Waals surface area contributed by atoms with Crippen LogP contribution in [-0.4, -0.2) is 54.0 Å². The van der Waals surface area contributed by atoms with Crippen LogP contribution in [-0.2, 0) is 23.9 Å². The van der Waals surface area contributed by atoms with E-state index in [-0.39, 0.29) is 48.8 Å². The molecule has 0 aromatic carbocycles. The molecule has 0 unspecified atom stereocenters. The zero-order chi connectivity index (χ0) is 24.0. The third-order valence-corrected chi connectivity index (χ3v) is 8.76. The molecule has 4 aliphatic carbocycles. The van der Waals surface area contributed by atoms with E-state index in [1.807, 2.05) is 19.9 Å². The first kappa shape index (κ1) is 23.8. The largest absolute Gasteiger partial charge is 0.508 e. The molecule has 180 valence electrons. The molecule has 0 aliphatic heterocycles. The first-order valence-corrected chi connectivity index (χ1v) is 11.8. The summed E-state index contributed by atoms with van der Waals surface area (Å²) in [5.41, 5.74) is 3.17. The molecule has 0 spiro atoms. The Bertz CT molecular complexity index is 939. The topological polar surface area (TPSA) is 133 Å². The zero-order valence-electron chi connectivity index (χ0n) is 19.3. The van der Waals surface area contributed by atoms with Gasteiger partial charge < -0.3 is 20.3 Å². The van der Waals surface area contributed by atoms with E-state index in [1.165, 1.54) is 0 Å². The molecule has 0 bridgehead atoms. The number of ether oxygens (including phenoxy) is 2. The summed E-state index contributed by atoms with van der Waals surface area (Å²) in [6, 6.07) is 0. The van der Waals surface area contributed by atoms with E-state index in [1.54, 1.807) is 12.2 Å². The lowest BCUT2D eigenvalue weighted by Gasteiger charge is -2.56. The highest BCUT2D eigenvalue weighted by atomic mass is 16.7. The van der Waals surface area contributed by atoms with Crippen molar-refractivity contribution < 1.29 is 33.8 Å². The fourth-order valence-electron chi connectivity index (χ4n) is 7.02. The summed E-state index contributed by atoms with van der Waals surface area (Å²) < 4.78 is 9.79. The van der Waals surface area contributed by atoms with Crippen LogP contribution in [0.25, 0.3) is 0 Å². The standard InChI is InChI=1S/C25H33NO7/c1-23-8-6-16(27)12-15(23)4-5-17-18-7-9-25(31,24(18,2)13-19(28)21(17)23)20(29)14-33-22(30)32-11-3-10-26/h6,8,12,17-18,21,31H,3-5,7,9-11,13-14,26H2,1-2H3/t17-,18-,21+,23-,24-,25-/m0/s1. The van der Waals surface area contributed by atoms with Gasteiger partial charge in [0.1, 0.15) is 11.4 Å². The molecule has 0 heterocycles. The van der Waals surface area contributed by atoms with Gasteiger partial charge in [-0.25, -0.2) is 4.79 Å². The fourth-order valence-corrected chi connectivity index (χ4v) is 7.02. The first-order valence-electron chi connectivity index (χ1n) is 11.8. The summed E-state index contributed by atoms with van der Waals surface area (Å²) in [4.78, 5) is 50.3. The predicted molar refractivity (Wildman–Crippen MR) is 118 cm³/mol. The van der Waals surface area contributed by atoms with E-state index in [4.69, 9.17) is 15.2 Å². The molecule has 0 saturated heterocycles. The number of carbonyl (C=O) groups excluding carboxylic acids is 4. The van der Waals surface area contributed by atoms with Gasteiger partial charge in [0, 0.05) is 23.2 Å². The molecule has 6 atom stereocenters. The number of fused-ring (bicyclic) bond motifs is 5. The molecule has 0 aromatic rings. The minimum absolute atomic E-state index is 0.0141. The maximum atomic E-state index is 13.6. The quantitative estimate of drug-likeness (QED) is 0.457. The van der Waals surface area contributed by atoms with E-state index in [2.05, 4.69) is 0 Å². The SMILES string of the molecule is C[C@]12C=CC(=O)C=C1CC[C@@H]1[C@@H]2C(=O)C[C@@]2(C)[C@H]1CC[C@]2(O)C(=O)COC(=O)OCCCN. The molecular formula is C25H33NO7. The minimum Gasteiger partial charge on any atom is -0.434 e. The van der Waals surface area contributed by atoms with Crippen LogP contribution in [0.15, 0.2) is 23.8 Å². The molecule has 3 fully saturated rings. The van der Waals surface area contributed by atoms with E-state index < -0.39 is 35.0 Å². The van der Waals surface area contributed by atoms with Crippen molar-refractivity contribution in [1.82, 2.24) is 0 Å². The first-order chi connectivity index (χ1) is 15.6. The van der Waals surface area contributed by atoms with E-state index in [0.717, 1.165) is 18.4 Å². The van der Waals surface area contributed by atoms with E-state index in [0.29, 0.717) is 19.4 Å². The monoisotopic (exact) mass is 459 g/mol. The Morgan fingerprint density at radius 1 is 1.21 bits per heavy atom. The van der Waals surface area contributed by atoms with Crippen molar-refractivity contribution in [1.29, 1.82) is 0 Å². The van der Waals surface area contributed by atoms with Gasteiger partial charge >= 0.3 is 6.16 Å². The molecule has 33 heavy (non-hydrogen) atoms. The molecule has 4 aliphatic rings. The second kappa shape index (κ2) is 8.47. The number of aliphatic hydroxyl groups is 1. The Morgan fingerprint density at radius 2 is 1.97 bits per heavy atom. The Balaban J connectivity index is 1.52. The average Bonchev–Trinajstić information content (AvgIpc) is 3.03. The van der Waals surface area contributed by atoms with Crippen molar-refractivity contribution >= 4 is 23.5 Å². The lowest BCUT2D eigenvalue weighted by atomic mass is 9.46. The second-order valence-corrected chi connectivity index (χ2v) is 10.4. The number of allylic oxidation sites excluding steroid dienone is 4. The van der Waals surface area contributed by atoms with Gasteiger partial charge in [-0.3, -0.25) is 14.4 Å². The number of Topliss-reactive ketones (excluding diaryl/α,β-unsaturated/α-hetero) is 2. The van der Waals surface area contributed by atoms with Gasteiger partial charge in [-0.15, -0.1) is 0 Å². The average molecular weight is 460 g/mol. The van der Waals surface area contributed by atoms with Crippen LogP contribution in [0.4, 0.5) is 4.79 Å². The van der Waals surface area contributed by atoms with Crippen molar-refractivity contribution in [2.24, 2.45) is 34.3 Å². The van der Waals surface area contributed by atoms with Gasteiger partial charge in [0.25, 0.3) is 0 Å². The van der Waals surface area contributed by atoms with E-state index >= 15 is 0 Å². The van der Waals surface area contributed by atoms with Crippen LogP contribution in [0.1, 0.15) is 52.4 Å². The van der Waals surface area contributed by atoms with Crippen LogP contribution in [0.3, 0.4) is 0 Å². The van der Waals surface area contributed by atoms with Crippen molar-refractivity contribution in [2.75, 3.05) is 19.8 Å². The number of nitrogens with two attached hydrogens (primary N) is 1. The third kappa shape index (κ3) is 3.67. The van der Waals surface area contributed by atoms with Crippen molar-refractivity contribution in [2.45, 2.75) is 58.0 Å². The summed E-state index contributed by atoms with van der Waals surface area (Å²) in [6.07, 6.45) is 6.97. The van der Waals surface area contributed by atoms with Gasteiger partial charge in [-0.05, 0) is 62.6 Å². The van der Waals surface area contributed by atoms with Crippen LogP contribution in [0, 0.1) is 28.6 Å². The van der Waals surface area contributed by atoms with Gasteiger partial charge in [0.15, 0.2) is 12.4 Å². The minimum atomic E-state index is -1.74. The molecule has 4 rings (SSSR count). The summed E-state index contributed by atoms with van der Waals surface area (Å²) in [6.45, 7) is 3.71. The molecule has 3 N–H and O–H groups in total. The highest BCUT2D eigenvalue weighted by Gasteiger charge is 2.68. The summed E-state index contributed by atoms with van der Waals surface area (Å²) in [7, 11) is 0. The fraction of sp³-hybridized carbons (Fsp3) is 0.680. The van der Waals surface area contributed by atoms with Gasteiger partial charge in [0.2, 0.25) is 5.78 Å². The lowest BCUT2D eigenvalue weighted by molar-refractivity contribution is -0.169. The Kier molecular flexibility index (Phi) is 6.12. The normalized spacial score (nSPS) is 39.3. The number of hydrogen-bond donors (Lipinski definition) is 2. The molecule has 0 radical (unpaired) electrons. The summed E-state index contributed by atoms with van der Waals surface area (Å²) in [5, 5.41) is 11.6. The van der Waals surface area contributed by atoms with Crippen molar-refractivity contribution in [3.8, 4) is 0 Å². The smallest absolute Gasteiger partial charge is 0.434 e. The Hall–Kier alpha value is -2.32. The molecule has 8 heteroatoms. The highest BCUT2D eigenvalue weighted by Crippen LogP contribution is 2.66. The molecule has 0 amide bonds. The molecular weight excluding hydrogens is 426 g/mol. The summed E-state index contributed by atoms with van der Waals surface area (Å²) in [5.74, 6) is -0.903. The maximum Gasteiger partial charge on any atom is 0.508 e. The van der Waals surface area contributed by atoms with Crippen LogP contribution >= 0.6 is 0 Å². The van der Waals surface area contributed by atoms with Crippen LogP contribution < -0.4 is 5.73 Å². The Labute approximate surface area is 193 Å². The maximum absolute atomic E-state index is 13.6. The van der Waals surface area contributed by atoms with E-state index in [9.17, 15) is 24.3 Å². The summed E-state index contributed by atoms with van der Waals surface area (Å²) >= 11 is 0. The third-order valence-electron chi connectivity index (χ3n) is 8.76. The number of hydrogen-bond acceptors (Lipinski definition) is 8. The lowest BCUT2D eigenvalue weighted by Crippen LogP contribution is -2.60. The molecule has 3 saturated carbocycles. The highest BCUT2D eigenvalue weighted by molar-refractivity contribution is 6.02. The van der Waals surface area contributed by atoms with Crippen LogP contribution in [0.5, 0.6) is 0 Å².